The molecule has 1 aromatic heterocycles. The maximum Gasteiger partial charge on any atom is 0.311 e. The molecule has 1 aromatic carbocycles. The highest BCUT2D eigenvalue weighted by molar-refractivity contribution is 5.76. The first-order chi connectivity index (χ1) is 16.5. The third-order valence-corrected chi connectivity index (χ3v) is 9.50. The van der Waals surface area contributed by atoms with Crippen LogP contribution in [0.5, 0.6) is 0 Å². The number of epoxide rings is 1. The van der Waals surface area contributed by atoms with Crippen LogP contribution in [-0.4, -0.2) is 36.9 Å². The minimum atomic E-state index is -0.107. The fourth-order valence-electron chi connectivity index (χ4n) is 7.77. The highest BCUT2D eigenvalue weighted by Crippen LogP contribution is 2.70. The topological polar surface area (TPSA) is 64.0 Å². The molecular weight excluding hydrogens is 426 g/mol. The molecular formula is C29H37NO4. The molecule has 1 spiro atoms. The third-order valence-electron chi connectivity index (χ3n) is 9.50. The van der Waals surface area contributed by atoms with Crippen molar-refractivity contribution in [2.45, 2.75) is 76.1 Å². The van der Waals surface area contributed by atoms with E-state index in [2.05, 4.69) is 55.6 Å². The molecule has 3 heterocycles. The molecule has 4 aliphatic rings. The summed E-state index contributed by atoms with van der Waals surface area (Å²) in [6.45, 7) is 6.23. The fourth-order valence-corrected chi connectivity index (χ4v) is 7.77. The SMILES string of the molecule is C[C@H]1CCC[C@]2(C)C[C@H]3OC(=O)[C@H](CNCC[C@@H](Cc4ccccc4)c4ccco4)[C@H]3[C@H]3O[C@]312. The third kappa shape index (κ3) is 3.54. The molecule has 5 heteroatoms. The van der Waals surface area contributed by atoms with Gasteiger partial charge in [0, 0.05) is 23.8 Å². The highest BCUT2D eigenvalue weighted by Gasteiger charge is 2.78. The van der Waals surface area contributed by atoms with Crippen LogP contribution < -0.4 is 5.32 Å². The molecule has 182 valence electrons. The number of esters is 1. The molecule has 5 nitrogen and oxygen atoms in total. The molecule has 2 aromatic rings. The van der Waals surface area contributed by atoms with Gasteiger partial charge in [0.25, 0.3) is 0 Å². The van der Waals surface area contributed by atoms with E-state index < -0.39 is 0 Å². The Hall–Kier alpha value is -2.11. The van der Waals surface area contributed by atoms with Crippen molar-refractivity contribution in [2.75, 3.05) is 13.1 Å². The first-order valence-electron chi connectivity index (χ1n) is 13.2. The standard InChI is InChI=1S/C29H37NO4/c1-19-8-6-13-28(2)17-24-25(26-29(19,28)34-26)22(27(31)33-24)18-30-14-12-21(23-11-7-15-32-23)16-20-9-4-3-5-10-20/h3-5,7,9-11,15,19,21-22,24-26,30H,6,8,12-14,16-18H2,1-2H3/t19-,21-,22+,24+,25+,26+,28+,29-/m0/s1. The van der Waals surface area contributed by atoms with Gasteiger partial charge in [-0.25, -0.2) is 0 Å². The smallest absolute Gasteiger partial charge is 0.311 e. The zero-order chi connectivity index (χ0) is 23.3. The average molecular weight is 464 g/mol. The number of carbonyl (C=O) groups is 1. The van der Waals surface area contributed by atoms with Crippen molar-refractivity contribution >= 4 is 5.97 Å². The van der Waals surface area contributed by atoms with E-state index in [1.54, 1.807) is 6.26 Å². The predicted octanol–water partition coefficient (Wildman–Crippen LogP) is 5.11. The van der Waals surface area contributed by atoms with Crippen LogP contribution >= 0.6 is 0 Å². The Balaban J connectivity index is 1.09. The van der Waals surface area contributed by atoms with Crippen molar-refractivity contribution in [1.82, 2.24) is 5.32 Å². The van der Waals surface area contributed by atoms with Gasteiger partial charge in [-0.2, -0.15) is 0 Å². The minimum absolute atomic E-state index is 0.0178. The number of rotatable bonds is 8. The second kappa shape index (κ2) is 8.53. The largest absolute Gasteiger partial charge is 0.469 e. The van der Waals surface area contributed by atoms with Gasteiger partial charge < -0.3 is 19.2 Å². The van der Waals surface area contributed by atoms with E-state index in [1.807, 2.05) is 6.07 Å². The summed E-state index contributed by atoms with van der Waals surface area (Å²) in [6, 6.07) is 14.6. The summed E-state index contributed by atoms with van der Waals surface area (Å²) >= 11 is 0. The summed E-state index contributed by atoms with van der Waals surface area (Å²) < 4.78 is 18.3. The predicted molar refractivity (Wildman–Crippen MR) is 129 cm³/mol. The molecule has 2 saturated carbocycles. The van der Waals surface area contributed by atoms with Gasteiger partial charge in [-0.3, -0.25) is 4.79 Å². The number of hydrogen-bond acceptors (Lipinski definition) is 5. The van der Waals surface area contributed by atoms with Crippen molar-refractivity contribution in [3.05, 3.63) is 60.1 Å². The van der Waals surface area contributed by atoms with Crippen LogP contribution in [0.4, 0.5) is 0 Å². The molecule has 2 aliphatic heterocycles. The van der Waals surface area contributed by atoms with Gasteiger partial charge in [0.15, 0.2) is 0 Å². The minimum Gasteiger partial charge on any atom is -0.469 e. The van der Waals surface area contributed by atoms with Crippen molar-refractivity contribution in [1.29, 1.82) is 0 Å². The van der Waals surface area contributed by atoms with Gasteiger partial charge in [-0.1, -0.05) is 50.6 Å². The molecule has 0 unspecified atom stereocenters. The van der Waals surface area contributed by atoms with Crippen LogP contribution in [0.25, 0.3) is 0 Å². The van der Waals surface area contributed by atoms with Crippen LogP contribution in [0.1, 0.15) is 63.2 Å². The first kappa shape index (κ1) is 22.4. The fraction of sp³-hybridized carbons (Fsp3) is 0.621. The summed E-state index contributed by atoms with van der Waals surface area (Å²) in [4.78, 5) is 12.9. The lowest BCUT2D eigenvalue weighted by Crippen LogP contribution is -2.54. The lowest BCUT2D eigenvalue weighted by Gasteiger charge is -2.48. The maximum atomic E-state index is 12.9. The summed E-state index contributed by atoms with van der Waals surface area (Å²) in [7, 11) is 0. The monoisotopic (exact) mass is 463 g/mol. The first-order valence-corrected chi connectivity index (χ1v) is 13.2. The van der Waals surface area contributed by atoms with E-state index in [0.29, 0.717) is 18.4 Å². The molecule has 0 bridgehead atoms. The Morgan fingerprint density at radius 1 is 1.18 bits per heavy atom. The Morgan fingerprint density at radius 2 is 2.03 bits per heavy atom. The zero-order valence-electron chi connectivity index (χ0n) is 20.4. The van der Waals surface area contributed by atoms with Crippen molar-refractivity contribution < 1.29 is 18.7 Å². The molecule has 2 saturated heterocycles. The summed E-state index contributed by atoms with van der Waals surface area (Å²) in [5.74, 6) is 1.95. The number of nitrogens with one attached hydrogen (secondary N) is 1. The number of carbonyl (C=O) groups excluding carboxylic acids is 1. The summed E-state index contributed by atoms with van der Waals surface area (Å²) in [6.07, 6.45) is 8.49. The normalized spacial score (nSPS) is 39.0. The van der Waals surface area contributed by atoms with Crippen molar-refractivity contribution in [3.8, 4) is 0 Å². The lowest BCUT2D eigenvalue weighted by molar-refractivity contribution is -0.146. The molecule has 0 radical (unpaired) electrons. The molecule has 1 N–H and O–H groups in total. The van der Waals surface area contributed by atoms with E-state index in [9.17, 15) is 4.79 Å². The van der Waals surface area contributed by atoms with Crippen LogP contribution in [0, 0.1) is 23.2 Å². The van der Waals surface area contributed by atoms with Gasteiger partial charge in [-0.05, 0) is 62.3 Å². The Kier molecular flexibility index (Phi) is 5.61. The lowest BCUT2D eigenvalue weighted by atomic mass is 9.53. The number of benzene rings is 1. The van der Waals surface area contributed by atoms with Crippen LogP contribution in [0.2, 0.25) is 0 Å². The number of hydrogen-bond donors (Lipinski definition) is 1. The van der Waals surface area contributed by atoms with Gasteiger partial charge in [0.2, 0.25) is 0 Å². The Labute approximate surface area is 202 Å². The second-order valence-corrected chi connectivity index (χ2v) is 11.4. The summed E-state index contributed by atoms with van der Waals surface area (Å²) in [5, 5.41) is 3.60. The maximum absolute atomic E-state index is 12.9. The van der Waals surface area contributed by atoms with Gasteiger partial charge in [-0.15, -0.1) is 0 Å². The van der Waals surface area contributed by atoms with Crippen LogP contribution in [0.3, 0.4) is 0 Å². The molecule has 2 aliphatic carbocycles. The molecule has 8 atom stereocenters. The van der Waals surface area contributed by atoms with Gasteiger partial charge in [0.1, 0.15) is 17.5 Å². The van der Waals surface area contributed by atoms with Gasteiger partial charge in [0.05, 0.1) is 18.3 Å². The number of fused-ring (bicyclic) bond motifs is 2. The van der Waals surface area contributed by atoms with Crippen molar-refractivity contribution in [3.63, 3.8) is 0 Å². The number of ether oxygens (including phenoxy) is 2. The Morgan fingerprint density at radius 3 is 2.82 bits per heavy atom. The van der Waals surface area contributed by atoms with Crippen LogP contribution in [-0.2, 0) is 20.7 Å². The van der Waals surface area contributed by atoms with Gasteiger partial charge >= 0.3 is 5.97 Å². The second-order valence-electron chi connectivity index (χ2n) is 11.4. The van der Waals surface area contributed by atoms with E-state index >= 15 is 0 Å². The quantitative estimate of drug-likeness (QED) is 0.335. The van der Waals surface area contributed by atoms with Crippen LogP contribution in [0.15, 0.2) is 53.1 Å². The van der Waals surface area contributed by atoms with Crippen molar-refractivity contribution in [2.24, 2.45) is 23.2 Å². The number of furan rings is 1. The molecule has 6 rings (SSSR count). The van der Waals surface area contributed by atoms with E-state index in [-0.39, 0.29) is 41.0 Å². The van der Waals surface area contributed by atoms with E-state index in [1.165, 1.54) is 24.8 Å². The summed E-state index contributed by atoms with van der Waals surface area (Å²) in [5.41, 5.74) is 1.43. The van der Waals surface area contributed by atoms with E-state index in [0.717, 1.165) is 31.6 Å². The molecule has 4 fully saturated rings. The average Bonchev–Trinajstić information content (AvgIpc) is 3.20. The van der Waals surface area contributed by atoms with E-state index in [4.69, 9.17) is 13.9 Å². The highest BCUT2D eigenvalue weighted by atomic mass is 16.6. The molecule has 0 amide bonds. The Bertz CT molecular complexity index is 1010. The molecule has 34 heavy (non-hydrogen) atoms. The zero-order valence-corrected chi connectivity index (χ0v) is 20.4.